The van der Waals surface area contributed by atoms with Crippen molar-refractivity contribution >= 4 is 17.6 Å². The lowest BCUT2D eigenvalue weighted by Crippen LogP contribution is -2.17. The van der Waals surface area contributed by atoms with Gasteiger partial charge in [0, 0.05) is 12.2 Å². The molecule has 2 rings (SSSR count). The molecule has 0 radical (unpaired) electrons. The van der Waals surface area contributed by atoms with E-state index in [1.807, 2.05) is 13.8 Å². The molecule has 21 heavy (non-hydrogen) atoms. The van der Waals surface area contributed by atoms with Gasteiger partial charge < -0.3 is 10.4 Å². The van der Waals surface area contributed by atoms with Gasteiger partial charge in [0.25, 0.3) is 5.91 Å². The summed E-state index contributed by atoms with van der Waals surface area (Å²) in [7, 11) is 0. The number of aromatic nitrogens is 2. The maximum Gasteiger partial charge on any atom is 0.307 e. The molecule has 1 heterocycles. The SMILES string of the molecule is CCn1nc(C)cc1C(=O)Nc1ccc(CC(=O)O)cc1. The van der Waals surface area contributed by atoms with Crippen LogP contribution in [-0.4, -0.2) is 26.8 Å². The van der Waals surface area contributed by atoms with Gasteiger partial charge in [-0.25, -0.2) is 0 Å². The van der Waals surface area contributed by atoms with Gasteiger partial charge in [0.2, 0.25) is 0 Å². The molecule has 0 atom stereocenters. The first kappa shape index (κ1) is 14.8. The summed E-state index contributed by atoms with van der Waals surface area (Å²) in [6.07, 6.45) is -0.0317. The van der Waals surface area contributed by atoms with Crippen molar-refractivity contribution in [1.82, 2.24) is 9.78 Å². The minimum Gasteiger partial charge on any atom is -0.481 e. The summed E-state index contributed by atoms with van der Waals surface area (Å²) in [4.78, 5) is 22.8. The lowest BCUT2D eigenvalue weighted by molar-refractivity contribution is -0.136. The van der Waals surface area contributed by atoms with E-state index >= 15 is 0 Å². The van der Waals surface area contributed by atoms with E-state index in [-0.39, 0.29) is 12.3 Å². The number of carbonyl (C=O) groups excluding carboxylic acids is 1. The smallest absolute Gasteiger partial charge is 0.307 e. The number of hydrogen-bond acceptors (Lipinski definition) is 3. The lowest BCUT2D eigenvalue weighted by Gasteiger charge is -2.07. The Morgan fingerprint density at radius 3 is 2.52 bits per heavy atom. The Morgan fingerprint density at radius 1 is 1.29 bits per heavy atom. The highest BCUT2D eigenvalue weighted by Gasteiger charge is 2.13. The van der Waals surface area contributed by atoms with E-state index in [4.69, 9.17) is 5.11 Å². The summed E-state index contributed by atoms with van der Waals surface area (Å²) in [5.74, 6) is -1.11. The van der Waals surface area contributed by atoms with Crippen molar-refractivity contribution in [3.8, 4) is 0 Å². The van der Waals surface area contributed by atoms with Gasteiger partial charge in [-0.15, -0.1) is 0 Å². The normalized spacial score (nSPS) is 10.4. The first-order valence-corrected chi connectivity index (χ1v) is 6.66. The van der Waals surface area contributed by atoms with E-state index in [0.717, 1.165) is 5.69 Å². The standard InChI is InChI=1S/C15H17N3O3/c1-3-18-13(8-10(2)17-18)15(21)16-12-6-4-11(5-7-12)9-14(19)20/h4-8H,3,9H2,1-2H3,(H,16,21)(H,19,20). The number of nitrogens with one attached hydrogen (secondary N) is 1. The lowest BCUT2D eigenvalue weighted by atomic mass is 10.1. The molecule has 6 nitrogen and oxygen atoms in total. The van der Waals surface area contributed by atoms with Gasteiger partial charge in [-0.2, -0.15) is 5.10 Å². The monoisotopic (exact) mass is 287 g/mol. The van der Waals surface area contributed by atoms with Crippen molar-refractivity contribution in [2.24, 2.45) is 0 Å². The van der Waals surface area contributed by atoms with Gasteiger partial charge in [0.05, 0.1) is 12.1 Å². The number of benzene rings is 1. The van der Waals surface area contributed by atoms with E-state index in [2.05, 4.69) is 10.4 Å². The number of aliphatic carboxylic acids is 1. The minimum absolute atomic E-state index is 0.0317. The molecule has 0 saturated carbocycles. The first-order chi connectivity index (χ1) is 9.99. The number of hydrogen-bond donors (Lipinski definition) is 2. The Bertz CT molecular complexity index is 659. The van der Waals surface area contributed by atoms with Gasteiger partial charge in [0.1, 0.15) is 5.69 Å². The summed E-state index contributed by atoms with van der Waals surface area (Å²) in [5, 5.41) is 15.7. The van der Waals surface area contributed by atoms with E-state index in [9.17, 15) is 9.59 Å². The van der Waals surface area contributed by atoms with Crippen LogP contribution in [0.2, 0.25) is 0 Å². The Labute approximate surface area is 122 Å². The Hall–Kier alpha value is -2.63. The third-order valence-corrected chi connectivity index (χ3v) is 3.00. The van der Waals surface area contributed by atoms with Crippen LogP contribution >= 0.6 is 0 Å². The third-order valence-electron chi connectivity index (χ3n) is 3.00. The van der Waals surface area contributed by atoms with Crippen LogP contribution in [0.25, 0.3) is 0 Å². The highest BCUT2D eigenvalue weighted by atomic mass is 16.4. The van der Waals surface area contributed by atoms with E-state index in [0.29, 0.717) is 23.5 Å². The molecule has 0 aliphatic heterocycles. The fourth-order valence-electron chi connectivity index (χ4n) is 2.05. The average molecular weight is 287 g/mol. The van der Waals surface area contributed by atoms with Gasteiger partial charge in [-0.1, -0.05) is 12.1 Å². The summed E-state index contributed by atoms with van der Waals surface area (Å²) in [5.41, 5.74) is 2.61. The molecule has 1 amide bonds. The predicted molar refractivity (Wildman–Crippen MR) is 78.4 cm³/mol. The zero-order valence-electron chi connectivity index (χ0n) is 12.0. The summed E-state index contributed by atoms with van der Waals surface area (Å²) in [6.45, 7) is 4.38. The maximum atomic E-state index is 12.2. The van der Waals surface area contributed by atoms with Crippen molar-refractivity contribution in [2.45, 2.75) is 26.8 Å². The average Bonchev–Trinajstić information content (AvgIpc) is 2.82. The molecule has 0 aliphatic rings. The molecule has 2 aromatic rings. The topological polar surface area (TPSA) is 84.2 Å². The fourth-order valence-corrected chi connectivity index (χ4v) is 2.05. The second-order valence-corrected chi connectivity index (χ2v) is 4.71. The number of carbonyl (C=O) groups is 2. The predicted octanol–water partition coefficient (Wildman–Crippen LogP) is 2.09. The number of carboxylic acid groups (broad SMARTS) is 1. The maximum absolute atomic E-state index is 12.2. The Kier molecular flexibility index (Phi) is 4.37. The van der Waals surface area contributed by atoms with Crippen LogP contribution in [0.1, 0.15) is 28.7 Å². The van der Waals surface area contributed by atoms with Gasteiger partial charge in [-0.05, 0) is 37.6 Å². The number of anilines is 1. The number of nitrogens with zero attached hydrogens (tertiary/aromatic N) is 2. The van der Waals surface area contributed by atoms with Crippen molar-refractivity contribution in [3.05, 3.63) is 47.3 Å². The zero-order valence-corrected chi connectivity index (χ0v) is 12.0. The molecule has 0 saturated heterocycles. The number of aryl methyl sites for hydroxylation is 2. The van der Waals surface area contributed by atoms with Crippen molar-refractivity contribution < 1.29 is 14.7 Å². The molecule has 1 aromatic carbocycles. The van der Waals surface area contributed by atoms with Crippen LogP contribution < -0.4 is 5.32 Å². The second-order valence-electron chi connectivity index (χ2n) is 4.71. The van der Waals surface area contributed by atoms with Gasteiger partial charge >= 0.3 is 5.97 Å². The number of carboxylic acids is 1. The molecule has 0 bridgehead atoms. The molecule has 2 N–H and O–H groups in total. The number of amides is 1. The molecule has 6 heteroatoms. The fraction of sp³-hybridized carbons (Fsp3) is 0.267. The third kappa shape index (κ3) is 3.68. The summed E-state index contributed by atoms with van der Waals surface area (Å²) >= 11 is 0. The Morgan fingerprint density at radius 2 is 1.95 bits per heavy atom. The van der Waals surface area contributed by atoms with E-state index < -0.39 is 5.97 Å². The molecule has 0 spiro atoms. The molecule has 1 aromatic heterocycles. The molecule has 110 valence electrons. The van der Waals surface area contributed by atoms with Crippen molar-refractivity contribution in [3.63, 3.8) is 0 Å². The number of rotatable bonds is 5. The van der Waals surface area contributed by atoms with Crippen LogP contribution in [0.5, 0.6) is 0 Å². The molecular formula is C15H17N3O3. The molecule has 0 fully saturated rings. The van der Waals surface area contributed by atoms with Crippen LogP contribution in [0.4, 0.5) is 5.69 Å². The zero-order chi connectivity index (χ0) is 15.4. The second kappa shape index (κ2) is 6.21. The van der Waals surface area contributed by atoms with Crippen LogP contribution in [0.15, 0.2) is 30.3 Å². The van der Waals surface area contributed by atoms with Crippen molar-refractivity contribution in [2.75, 3.05) is 5.32 Å². The van der Waals surface area contributed by atoms with Gasteiger partial charge in [-0.3, -0.25) is 14.3 Å². The van der Waals surface area contributed by atoms with Crippen LogP contribution in [-0.2, 0) is 17.8 Å². The largest absolute Gasteiger partial charge is 0.481 e. The van der Waals surface area contributed by atoms with E-state index in [1.54, 1.807) is 35.0 Å². The van der Waals surface area contributed by atoms with Crippen LogP contribution in [0, 0.1) is 6.92 Å². The molecule has 0 aliphatic carbocycles. The minimum atomic E-state index is -0.880. The molecule has 0 unspecified atom stereocenters. The quantitative estimate of drug-likeness (QED) is 0.882. The summed E-state index contributed by atoms with van der Waals surface area (Å²) < 4.78 is 1.64. The first-order valence-electron chi connectivity index (χ1n) is 6.66. The molecular weight excluding hydrogens is 270 g/mol. The van der Waals surface area contributed by atoms with Crippen molar-refractivity contribution in [1.29, 1.82) is 0 Å². The van der Waals surface area contributed by atoms with Gasteiger partial charge in [0.15, 0.2) is 0 Å². The highest BCUT2D eigenvalue weighted by molar-refractivity contribution is 6.03. The Balaban J connectivity index is 2.10. The summed E-state index contributed by atoms with van der Waals surface area (Å²) in [6, 6.07) is 8.49. The van der Waals surface area contributed by atoms with Crippen LogP contribution in [0.3, 0.4) is 0 Å². The van der Waals surface area contributed by atoms with E-state index in [1.165, 1.54) is 0 Å². The highest BCUT2D eigenvalue weighted by Crippen LogP contribution is 2.12.